The first-order valence-corrected chi connectivity index (χ1v) is 7.19. The fourth-order valence-corrected chi connectivity index (χ4v) is 2.39. The highest BCUT2D eigenvalue weighted by Gasteiger charge is 2.03. The number of aromatic amines is 1. The molecule has 0 aliphatic rings. The summed E-state index contributed by atoms with van der Waals surface area (Å²) < 4.78 is 5.09. The largest absolute Gasteiger partial charge is 0.464 e. The molecule has 1 N–H and O–H groups in total. The first-order valence-electron chi connectivity index (χ1n) is 7.19. The molecule has 0 amide bonds. The van der Waals surface area contributed by atoms with Crippen LogP contribution in [0.15, 0.2) is 70.5 Å². The highest BCUT2D eigenvalue weighted by Crippen LogP contribution is 2.18. The Bertz CT molecular complexity index is 1190. The summed E-state index contributed by atoms with van der Waals surface area (Å²) in [5, 5.41) is 12.2. The predicted octanol–water partition coefficient (Wildman–Crippen LogP) is 2.69. The van der Waals surface area contributed by atoms with Gasteiger partial charge in [0.15, 0.2) is 5.43 Å². The molecule has 24 heavy (non-hydrogen) atoms. The van der Waals surface area contributed by atoms with Gasteiger partial charge in [-0.15, -0.1) is 0 Å². The van der Waals surface area contributed by atoms with Gasteiger partial charge in [0, 0.05) is 17.6 Å². The van der Waals surface area contributed by atoms with E-state index in [2.05, 4.69) is 25.4 Å². The predicted molar refractivity (Wildman–Crippen MR) is 89.5 cm³/mol. The van der Waals surface area contributed by atoms with Crippen molar-refractivity contribution in [1.29, 1.82) is 0 Å². The van der Waals surface area contributed by atoms with Crippen molar-refractivity contribution in [2.75, 3.05) is 0 Å². The minimum absolute atomic E-state index is 0.00634. The van der Waals surface area contributed by atoms with E-state index < -0.39 is 0 Å². The standard InChI is InChI=1S/C9H6O2.C8H5N5/c10-8-5-6-11-9-4-2-1-3-7(8)9;1-2-6-8(12-13-11-6)7-5(1)3-9-4-10-7/h1-6H;1-4H,(H,11,12,13). The van der Waals surface area contributed by atoms with Gasteiger partial charge in [-0.1, -0.05) is 12.1 Å². The Kier molecular flexibility index (Phi) is 3.43. The van der Waals surface area contributed by atoms with Crippen molar-refractivity contribution in [3.63, 3.8) is 0 Å². The van der Waals surface area contributed by atoms with Gasteiger partial charge in [0.05, 0.1) is 11.6 Å². The van der Waals surface area contributed by atoms with Crippen LogP contribution in [0.4, 0.5) is 0 Å². The minimum atomic E-state index is 0.00634. The first-order chi connectivity index (χ1) is 11.8. The van der Waals surface area contributed by atoms with Crippen LogP contribution in [0.5, 0.6) is 0 Å². The van der Waals surface area contributed by atoms with E-state index in [1.807, 2.05) is 24.3 Å². The maximum atomic E-state index is 11.1. The third-order valence-corrected chi connectivity index (χ3v) is 3.53. The number of rotatable bonds is 0. The molecule has 0 aliphatic carbocycles. The van der Waals surface area contributed by atoms with Gasteiger partial charge < -0.3 is 4.42 Å². The van der Waals surface area contributed by atoms with Gasteiger partial charge in [-0.25, -0.2) is 9.97 Å². The van der Waals surface area contributed by atoms with Gasteiger partial charge in [-0.3, -0.25) is 4.79 Å². The van der Waals surface area contributed by atoms with E-state index in [4.69, 9.17) is 4.42 Å². The lowest BCUT2D eigenvalue weighted by atomic mass is 10.2. The number of nitrogens with one attached hydrogen (secondary N) is 1. The molecule has 0 bridgehead atoms. The van der Waals surface area contributed by atoms with Crippen molar-refractivity contribution < 1.29 is 4.42 Å². The summed E-state index contributed by atoms with van der Waals surface area (Å²) in [5.41, 5.74) is 3.10. The average molecular weight is 317 g/mol. The second kappa shape index (κ2) is 5.88. The van der Waals surface area contributed by atoms with Gasteiger partial charge in [0.25, 0.3) is 0 Å². The van der Waals surface area contributed by atoms with Crippen molar-refractivity contribution in [2.45, 2.75) is 0 Å². The van der Waals surface area contributed by atoms with Crippen molar-refractivity contribution in [2.24, 2.45) is 0 Å². The van der Waals surface area contributed by atoms with E-state index in [1.165, 1.54) is 18.7 Å². The Morgan fingerprint density at radius 2 is 1.88 bits per heavy atom. The molecule has 5 rings (SSSR count). The molecular formula is C17H11N5O2. The Hall–Kier alpha value is -3.61. The van der Waals surface area contributed by atoms with Gasteiger partial charge >= 0.3 is 0 Å². The number of nitrogens with zero attached hydrogens (tertiary/aromatic N) is 4. The van der Waals surface area contributed by atoms with Crippen molar-refractivity contribution in [3.8, 4) is 0 Å². The number of hydrogen-bond acceptors (Lipinski definition) is 6. The molecule has 7 heteroatoms. The molecular weight excluding hydrogens is 306 g/mol. The lowest BCUT2D eigenvalue weighted by Crippen LogP contribution is -1.96. The number of aromatic nitrogens is 5. The van der Waals surface area contributed by atoms with Crippen LogP contribution in [0.3, 0.4) is 0 Å². The molecule has 3 aromatic heterocycles. The number of H-pyrrole nitrogens is 1. The van der Waals surface area contributed by atoms with Crippen LogP contribution in [0.1, 0.15) is 0 Å². The third-order valence-electron chi connectivity index (χ3n) is 3.53. The van der Waals surface area contributed by atoms with Gasteiger partial charge in [0.2, 0.25) is 0 Å². The third kappa shape index (κ3) is 2.48. The van der Waals surface area contributed by atoms with Gasteiger partial charge in [0.1, 0.15) is 28.5 Å². The van der Waals surface area contributed by atoms with Crippen LogP contribution in [0.2, 0.25) is 0 Å². The Morgan fingerprint density at radius 3 is 2.79 bits per heavy atom. The number of fused-ring (bicyclic) bond motifs is 4. The maximum Gasteiger partial charge on any atom is 0.192 e. The van der Waals surface area contributed by atoms with E-state index in [0.29, 0.717) is 11.0 Å². The highest BCUT2D eigenvalue weighted by atomic mass is 16.3. The second-order valence-electron chi connectivity index (χ2n) is 5.00. The van der Waals surface area contributed by atoms with Gasteiger partial charge in [-0.05, 0) is 24.3 Å². The topological polar surface area (TPSA) is 97.6 Å². The van der Waals surface area contributed by atoms with Crippen molar-refractivity contribution in [3.05, 3.63) is 71.5 Å². The summed E-state index contributed by atoms with van der Waals surface area (Å²) in [6.45, 7) is 0. The SMILES string of the molecule is O=c1ccoc2ccccc12.c1ncc2ccc3n[nH]nc3c2n1. The average Bonchev–Trinajstić information content (AvgIpc) is 3.12. The molecule has 7 nitrogen and oxygen atoms in total. The number of hydrogen-bond donors (Lipinski definition) is 1. The fourth-order valence-electron chi connectivity index (χ4n) is 2.39. The molecule has 0 fully saturated rings. The lowest BCUT2D eigenvalue weighted by Gasteiger charge is -1.93. The summed E-state index contributed by atoms with van der Waals surface area (Å²) in [6, 6.07) is 12.4. The molecule has 0 radical (unpaired) electrons. The molecule has 0 atom stereocenters. The zero-order chi connectivity index (χ0) is 16.4. The Labute approximate surface area is 135 Å². The first kappa shape index (κ1) is 14.0. The fraction of sp³-hybridized carbons (Fsp3) is 0. The Morgan fingerprint density at radius 1 is 0.958 bits per heavy atom. The smallest absolute Gasteiger partial charge is 0.192 e. The van der Waals surface area contributed by atoms with E-state index in [1.54, 1.807) is 18.3 Å². The van der Waals surface area contributed by atoms with Crippen molar-refractivity contribution in [1.82, 2.24) is 25.4 Å². The molecule has 0 saturated carbocycles. The van der Waals surface area contributed by atoms with Crippen LogP contribution < -0.4 is 5.43 Å². The molecule has 5 aromatic rings. The quantitative estimate of drug-likeness (QED) is 0.471. The van der Waals surface area contributed by atoms with E-state index in [-0.39, 0.29) is 5.43 Å². The lowest BCUT2D eigenvalue weighted by molar-refractivity contribution is 0.602. The number of benzene rings is 2. The van der Waals surface area contributed by atoms with Gasteiger partial charge in [-0.2, -0.15) is 15.4 Å². The normalized spacial score (nSPS) is 10.7. The highest BCUT2D eigenvalue weighted by molar-refractivity contribution is 6.00. The van der Waals surface area contributed by atoms with E-state index in [9.17, 15) is 4.79 Å². The van der Waals surface area contributed by atoms with Crippen molar-refractivity contribution >= 4 is 32.9 Å². The monoisotopic (exact) mass is 317 g/mol. The summed E-state index contributed by atoms with van der Waals surface area (Å²) in [6.07, 6.45) is 4.68. The van der Waals surface area contributed by atoms with Crippen LogP contribution in [0, 0.1) is 0 Å². The Balaban J connectivity index is 0.000000123. The zero-order valence-corrected chi connectivity index (χ0v) is 12.4. The molecule has 3 heterocycles. The zero-order valence-electron chi connectivity index (χ0n) is 12.4. The summed E-state index contributed by atoms with van der Waals surface area (Å²) in [4.78, 5) is 19.2. The van der Waals surface area contributed by atoms with E-state index >= 15 is 0 Å². The molecule has 2 aromatic carbocycles. The molecule has 0 aliphatic heterocycles. The molecule has 0 unspecified atom stereocenters. The molecule has 0 spiro atoms. The molecule has 0 saturated heterocycles. The summed E-state index contributed by atoms with van der Waals surface area (Å²) in [5.74, 6) is 0. The second-order valence-corrected chi connectivity index (χ2v) is 5.00. The minimum Gasteiger partial charge on any atom is -0.464 e. The summed E-state index contributed by atoms with van der Waals surface area (Å²) >= 11 is 0. The summed E-state index contributed by atoms with van der Waals surface area (Å²) in [7, 11) is 0. The molecule has 116 valence electrons. The van der Waals surface area contributed by atoms with E-state index in [0.717, 1.165) is 21.9 Å². The maximum absolute atomic E-state index is 11.1. The van der Waals surface area contributed by atoms with Crippen LogP contribution in [-0.4, -0.2) is 25.4 Å². The van der Waals surface area contributed by atoms with Crippen LogP contribution in [0.25, 0.3) is 32.9 Å². The van der Waals surface area contributed by atoms with Crippen LogP contribution >= 0.6 is 0 Å². The van der Waals surface area contributed by atoms with Crippen LogP contribution in [-0.2, 0) is 0 Å². The number of para-hydroxylation sites is 1.